The van der Waals surface area contributed by atoms with Gasteiger partial charge in [-0.2, -0.15) is 11.3 Å². The molecular formula is C10H8N2O2S. The molecule has 0 fully saturated rings. The van der Waals surface area contributed by atoms with Crippen molar-refractivity contribution in [3.8, 4) is 0 Å². The van der Waals surface area contributed by atoms with Crippen LogP contribution in [-0.2, 0) is 4.79 Å². The lowest BCUT2D eigenvalue weighted by atomic mass is 10.3. The van der Waals surface area contributed by atoms with Crippen molar-refractivity contribution in [3.05, 3.63) is 40.8 Å². The van der Waals surface area contributed by atoms with Crippen LogP contribution in [-0.4, -0.2) is 16.7 Å². The zero-order chi connectivity index (χ0) is 10.7. The molecule has 4 nitrogen and oxygen atoms in total. The fourth-order valence-electron chi connectivity index (χ4n) is 1.18. The van der Waals surface area contributed by atoms with Crippen molar-refractivity contribution in [2.24, 2.45) is 0 Å². The number of fused-ring (bicyclic) bond motifs is 1. The van der Waals surface area contributed by atoms with Gasteiger partial charge in [0.1, 0.15) is 5.69 Å². The Bertz CT molecular complexity index is 456. The van der Waals surface area contributed by atoms with E-state index in [1.807, 2.05) is 22.9 Å². The van der Waals surface area contributed by atoms with E-state index in [4.69, 9.17) is 0 Å². The third-order valence-electron chi connectivity index (χ3n) is 1.85. The van der Waals surface area contributed by atoms with Crippen LogP contribution in [0.2, 0.25) is 0 Å². The van der Waals surface area contributed by atoms with Gasteiger partial charge in [-0.3, -0.25) is 9.59 Å². The topological polar surface area (TPSA) is 62.0 Å². The van der Waals surface area contributed by atoms with Crippen LogP contribution in [0.15, 0.2) is 35.2 Å². The number of amides is 1. The zero-order valence-electron chi connectivity index (χ0n) is 7.69. The van der Waals surface area contributed by atoms with Gasteiger partial charge in [0.05, 0.1) is 5.69 Å². The van der Waals surface area contributed by atoms with Crippen LogP contribution < -0.4 is 5.32 Å². The Hall–Kier alpha value is -1.88. The summed E-state index contributed by atoms with van der Waals surface area (Å²) >= 11 is 1.71. The summed E-state index contributed by atoms with van der Waals surface area (Å²) in [6.07, 6.45) is 1.61. The van der Waals surface area contributed by atoms with Crippen LogP contribution in [0.25, 0.3) is 0 Å². The molecule has 76 valence electrons. The number of carbonyl (C=O) groups is 2. The molecule has 1 aliphatic heterocycles. The lowest BCUT2D eigenvalue weighted by Gasteiger charge is -1.83. The number of carbonyl (C=O) groups excluding carboxylic acids is 2. The zero-order valence-corrected chi connectivity index (χ0v) is 8.51. The molecule has 0 unspecified atom stereocenters. The van der Waals surface area contributed by atoms with Crippen LogP contribution in [0.5, 0.6) is 0 Å². The second-order valence-electron chi connectivity index (χ2n) is 2.84. The summed E-state index contributed by atoms with van der Waals surface area (Å²) in [5.74, 6) is -1.04. The van der Waals surface area contributed by atoms with Crippen LogP contribution in [0.4, 0.5) is 5.69 Å². The first-order valence-corrected chi connectivity index (χ1v) is 5.23. The van der Waals surface area contributed by atoms with Gasteiger partial charge in [-0.15, -0.1) is 0 Å². The Labute approximate surface area is 89.9 Å². The standard InChI is InChI=1S/C6H4N2O2.C4H4S/c9-5-4-3(1-2-7-4)8-6(5)10;1-2-4-5-3-1/h1-2,7H,(H,8,9,10);1-4H. The predicted octanol–water partition coefficient (Wildman–Crippen LogP) is 1.90. The normalized spacial score (nSPS) is 12.8. The summed E-state index contributed by atoms with van der Waals surface area (Å²) in [6.45, 7) is 0. The Morgan fingerprint density at radius 3 is 2.40 bits per heavy atom. The molecule has 2 aromatic heterocycles. The highest BCUT2D eigenvalue weighted by Gasteiger charge is 2.28. The van der Waals surface area contributed by atoms with Crippen LogP contribution >= 0.6 is 11.3 Å². The lowest BCUT2D eigenvalue weighted by Crippen LogP contribution is -2.13. The van der Waals surface area contributed by atoms with Gasteiger partial charge < -0.3 is 10.3 Å². The van der Waals surface area contributed by atoms with Gasteiger partial charge in [0.25, 0.3) is 11.7 Å². The third-order valence-corrected chi connectivity index (χ3v) is 2.48. The number of hydrogen-bond donors (Lipinski definition) is 2. The second-order valence-corrected chi connectivity index (χ2v) is 3.66. The van der Waals surface area contributed by atoms with Gasteiger partial charge in [0, 0.05) is 6.20 Å². The molecule has 5 heteroatoms. The average molecular weight is 220 g/mol. The highest BCUT2D eigenvalue weighted by atomic mass is 32.1. The quantitative estimate of drug-likeness (QED) is 0.666. The number of aromatic nitrogens is 1. The molecule has 0 radical (unpaired) electrons. The average Bonchev–Trinajstić information content (AvgIpc) is 2.91. The first-order chi connectivity index (χ1) is 7.29. The van der Waals surface area contributed by atoms with Crippen molar-refractivity contribution in [2.75, 3.05) is 5.32 Å². The van der Waals surface area contributed by atoms with Crippen LogP contribution in [0.1, 0.15) is 10.5 Å². The number of nitrogens with one attached hydrogen (secondary N) is 2. The SMILES string of the molecule is O=C1Nc2cc[nH]c2C1=O.c1ccsc1. The van der Waals surface area contributed by atoms with Crippen LogP contribution in [0, 0.1) is 0 Å². The Kier molecular flexibility index (Phi) is 2.64. The number of rotatable bonds is 0. The largest absolute Gasteiger partial charge is 0.357 e. The highest BCUT2D eigenvalue weighted by Crippen LogP contribution is 2.19. The molecule has 1 amide bonds. The fraction of sp³-hybridized carbons (Fsp3) is 0. The van der Waals surface area contributed by atoms with Crippen LogP contribution in [0.3, 0.4) is 0 Å². The van der Waals surface area contributed by atoms with E-state index in [-0.39, 0.29) is 0 Å². The Balaban J connectivity index is 0.000000144. The summed E-state index contributed by atoms with van der Waals surface area (Å²) in [5, 5.41) is 6.49. The number of H-pyrrole nitrogens is 1. The number of thiophene rings is 1. The minimum Gasteiger partial charge on any atom is -0.357 e. The molecule has 0 aliphatic carbocycles. The predicted molar refractivity (Wildman–Crippen MR) is 58.1 cm³/mol. The van der Waals surface area contributed by atoms with E-state index in [0.717, 1.165) is 0 Å². The molecule has 15 heavy (non-hydrogen) atoms. The van der Waals surface area contributed by atoms with Crippen molar-refractivity contribution in [1.82, 2.24) is 4.98 Å². The summed E-state index contributed by atoms with van der Waals surface area (Å²) in [6, 6.07) is 5.69. The lowest BCUT2D eigenvalue weighted by molar-refractivity contribution is -0.112. The molecule has 2 aromatic rings. The van der Waals surface area contributed by atoms with Crippen molar-refractivity contribution in [1.29, 1.82) is 0 Å². The molecule has 0 aromatic carbocycles. The van der Waals surface area contributed by atoms with Crippen molar-refractivity contribution in [2.45, 2.75) is 0 Å². The number of hydrogen-bond acceptors (Lipinski definition) is 3. The van der Waals surface area contributed by atoms with E-state index in [2.05, 4.69) is 10.3 Å². The van der Waals surface area contributed by atoms with E-state index in [0.29, 0.717) is 11.4 Å². The molecule has 1 aliphatic rings. The number of anilines is 1. The highest BCUT2D eigenvalue weighted by molar-refractivity contribution is 7.07. The second kappa shape index (κ2) is 4.10. The summed E-state index contributed by atoms with van der Waals surface area (Å²) in [5.41, 5.74) is 0.944. The van der Waals surface area contributed by atoms with E-state index in [1.165, 1.54) is 0 Å². The van der Waals surface area contributed by atoms with E-state index in [1.54, 1.807) is 23.6 Å². The molecule has 0 bridgehead atoms. The van der Waals surface area contributed by atoms with E-state index < -0.39 is 11.7 Å². The molecule has 3 rings (SSSR count). The minimum atomic E-state index is -0.554. The molecule has 0 saturated heterocycles. The van der Waals surface area contributed by atoms with Gasteiger partial charge in [-0.25, -0.2) is 0 Å². The maximum Gasteiger partial charge on any atom is 0.298 e. The molecule has 0 saturated carbocycles. The third kappa shape index (κ3) is 1.97. The first-order valence-electron chi connectivity index (χ1n) is 4.29. The molecule has 2 N–H and O–H groups in total. The fourth-order valence-corrected chi connectivity index (χ4v) is 1.63. The van der Waals surface area contributed by atoms with Gasteiger partial charge in [-0.05, 0) is 16.8 Å². The monoisotopic (exact) mass is 220 g/mol. The van der Waals surface area contributed by atoms with Gasteiger partial charge in [0.15, 0.2) is 0 Å². The number of aromatic amines is 1. The molecular weight excluding hydrogens is 212 g/mol. The minimum absolute atomic E-state index is 0.366. The number of ketones is 1. The smallest absolute Gasteiger partial charge is 0.298 e. The van der Waals surface area contributed by atoms with Gasteiger partial charge >= 0.3 is 0 Å². The summed E-state index contributed by atoms with van der Waals surface area (Å²) in [4.78, 5) is 24.1. The van der Waals surface area contributed by atoms with E-state index >= 15 is 0 Å². The summed E-state index contributed by atoms with van der Waals surface area (Å²) < 4.78 is 0. The summed E-state index contributed by atoms with van der Waals surface area (Å²) in [7, 11) is 0. The van der Waals surface area contributed by atoms with Crippen molar-refractivity contribution in [3.63, 3.8) is 0 Å². The molecule has 0 spiro atoms. The maximum absolute atomic E-state index is 10.8. The molecule has 3 heterocycles. The van der Waals surface area contributed by atoms with Gasteiger partial charge in [-0.1, -0.05) is 12.1 Å². The van der Waals surface area contributed by atoms with Crippen molar-refractivity contribution >= 4 is 28.7 Å². The molecule has 0 atom stereocenters. The Morgan fingerprint density at radius 2 is 1.87 bits per heavy atom. The Morgan fingerprint density at radius 1 is 1.13 bits per heavy atom. The van der Waals surface area contributed by atoms with Gasteiger partial charge in [0.2, 0.25) is 0 Å². The van der Waals surface area contributed by atoms with E-state index in [9.17, 15) is 9.59 Å². The maximum atomic E-state index is 10.8. The first kappa shape index (κ1) is 9.67. The van der Waals surface area contributed by atoms with Crippen molar-refractivity contribution < 1.29 is 9.59 Å². The number of Topliss-reactive ketones (excluding diaryl/α,β-unsaturated/α-hetero) is 1.